The third-order valence-corrected chi connectivity index (χ3v) is 12.7. The van der Waals surface area contributed by atoms with Crippen LogP contribution in [-0.2, 0) is 27.2 Å². The zero-order chi connectivity index (χ0) is 18.2. The minimum Gasteiger partial charge on any atom is -0.437 e. The quantitative estimate of drug-likeness (QED) is 0.223. The van der Waals surface area contributed by atoms with Gasteiger partial charge in [0.05, 0.1) is 26.4 Å². The van der Waals surface area contributed by atoms with Gasteiger partial charge in [-0.05, 0) is 51.1 Å². The Hall–Kier alpha value is 0.411. The van der Waals surface area contributed by atoms with Crippen molar-refractivity contribution >= 4 is 26.6 Å². The molecule has 25 heavy (non-hydrogen) atoms. The SMILES string of the molecule is C[Si](C)(CCCOCC1CO1)O[Si](C)(C)O[Si]CCCOCC1CO1. The maximum absolute atomic E-state index is 6.47. The first kappa shape index (κ1) is 21.7. The first-order valence-corrected chi connectivity index (χ1v) is 16.4. The minimum absolute atomic E-state index is 0.356. The van der Waals surface area contributed by atoms with Crippen LogP contribution in [0.15, 0.2) is 0 Å². The van der Waals surface area contributed by atoms with E-state index in [1.54, 1.807) is 0 Å². The maximum Gasteiger partial charge on any atom is 0.310 e. The molecule has 0 N–H and O–H groups in total. The van der Waals surface area contributed by atoms with E-state index in [-0.39, 0.29) is 0 Å². The van der Waals surface area contributed by atoms with Crippen molar-refractivity contribution in [2.45, 2.75) is 63.3 Å². The first-order chi connectivity index (χ1) is 11.9. The second-order valence-corrected chi connectivity index (χ2v) is 17.0. The van der Waals surface area contributed by atoms with Gasteiger partial charge < -0.3 is 27.2 Å². The topological polar surface area (TPSA) is 62.0 Å². The van der Waals surface area contributed by atoms with Gasteiger partial charge in [-0.3, -0.25) is 0 Å². The van der Waals surface area contributed by atoms with Crippen LogP contribution in [0.25, 0.3) is 0 Å². The zero-order valence-corrected chi connectivity index (χ0v) is 19.2. The van der Waals surface area contributed by atoms with Crippen LogP contribution < -0.4 is 0 Å². The fraction of sp³-hybridized carbons (Fsp3) is 1.00. The Morgan fingerprint density at radius 3 is 2.04 bits per heavy atom. The fourth-order valence-corrected chi connectivity index (χ4v) is 11.9. The van der Waals surface area contributed by atoms with E-state index in [0.29, 0.717) is 22.0 Å². The van der Waals surface area contributed by atoms with Gasteiger partial charge in [-0.2, -0.15) is 0 Å². The average molecular weight is 407 g/mol. The van der Waals surface area contributed by atoms with Crippen molar-refractivity contribution in [1.29, 1.82) is 0 Å². The molecule has 146 valence electrons. The molecule has 2 saturated heterocycles. The van der Waals surface area contributed by atoms with Gasteiger partial charge in [0.1, 0.15) is 12.2 Å². The van der Waals surface area contributed by atoms with Gasteiger partial charge in [0.25, 0.3) is 0 Å². The molecule has 6 nitrogen and oxygen atoms in total. The highest BCUT2D eigenvalue weighted by atomic mass is 28.5. The summed E-state index contributed by atoms with van der Waals surface area (Å²) in [5.74, 6) is 0. The Kier molecular flexibility index (Phi) is 9.26. The fourth-order valence-electron chi connectivity index (χ4n) is 2.57. The summed E-state index contributed by atoms with van der Waals surface area (Å²) >= 11 is 0. The first-order valence-electron chi connectivity index (χ1n) is 9.36. The van der Waals surface area contributed by atoms with Gasteiger partial charge >= 0.3 is 8.56 Å². The second kappa shape index (κ2) is 10.7. The molecule has 2 atom stereocenters. The highest BCUT2D eigenvalue weighted by molar-refractivity contribution is 6.83. The molecule has 0 aromatic rings. The summed E-state index contributed by atoms with van der Waals surface area (Å²) in [5, 5.41) is 0. The van der Waals surface area contributed by atoms with E-state index in [2.05, 4.69) is 26.2 Å². The normalized spacial score (nSPS) is 23.0. The Bertz CT molecular complexity index is 375. The summed E-state index contributed by atoms with van der Waals surface area (Å²) in [5.41, 5.74) is 0. The molecule has 0 saturated carbocycles. The number of epoxide rings is 2. The van der Waals surface area contributed by atoms with E-state index in [1.807, 2.05) is 0 Å². The van der Waals surface area contributed by atoms with Crippen molar-refractivity contribution in [2.24, 2.45) is 0 Å². The molecule has 0 bridgehead atoms. The predicted molar refractivity (Wildman–Crippen MR) is 103 cm³/mol. The highest BCUT2D eigenvalue weighted by Gasteiger charge is 2.34. The molecular formula is C16H34O6Si3. The van der Waals surface area contributed by atoms with Crippen molar-refractivity contribution in [2.75, 3.05) is 39.6 Å². The monoisotopic (exact) mass is 406 g/mol. The molecule has 0 amide bonds. The number of hydrogen-bond acceptors (Lipinski definition) is 6. The Morgan fingerprint density at radius 2 is 1.48 bits per heavy atom. The molecule has 2 rings (SSSR count). The molecule has 0 aliphatic carbocycles. The average Bonchev–Trinajstić information content (AvgIpc) is 3.39. The van der Waals surface area contributed by atoms with Gasteiger partial charge in [0.15, 0.2) is 8.32 Å². The van der Waals surface area contributed by atoms with Crippen molar-refractivity contribution in [3.8, 4) is 0 Å². The molecule has 2 fully saturated rings. The second-order valence-electron chi connectivity index (χ2n) is 7.78. The van der Waals surface area contributed by atoms with Crippen LogP contribution in [0.3, 0.4) is 0 Å². The van der Waals surface area contributed by atoms with Crippen LogP contribution in [0.1, 0.15) is 12.8 Å². The van der Waals surface area contributed by atoms with Crippen molar-refractivity contribution in [1.82, 2.24) is 0 Å². The summed E-state index contributed by atoms with van der Waals surface area (Å²) in [6.45, 7) is 13.7. The molecule has 2 heterocycles. The molecule has 2 aliphatic rings. The lowest BCUT2D eigenvalue weighted by Gasteiger charge is -2.33. The third kappa shape index (κ3) is 11.7. The Labute approximate surface area is 157 Å². The standard InChI is InChI=1S/C16H34O6Si3/c1-24(2,10-6-8-18-12-16-14-20-16)22-25(3,4)21-23-9-5-7-17-11-15-13-19-15/h15-16H,5-14H2,1-4H3. The van der Waals surface area contributed by atoms with Crippen LogP contribution in [0, 0.1) is 0 Å². The van der Waals surface area contributed by atoms with Gasteiger partial charge in [0, 0.05) is 13.2 Å². The van der Waals surface area contributed by atoms with Gasteiger partial charge in [0.2, 0.25) is 9.76 Å². The lowest BCUT2D eigenvalue weighted by molar-refractivity contribution is 0.116. The van der Waals surface area contributed by atoms with E-state index >= 15 is 0 Å². The van der Waals surface area contributed by atoms with Crippen LogP contribution in [0.4, 0.5) is 0 Å². The summed E-state index contributed by atoms with van der Waals surface area (Å²) in [7, 11) is -3.23. The molecule has 9 heteroatoms. The van der Waals surface area contributed by atoms with Crippen molar-refractivity contribution in [3.05, 3.63) is 0 Å². The van der Waals surface area contributed by atoms with Gasteiger partial charge in [-0.15, -0.1) is 0 Å². The highest BCUT2D eigenvalue weighted by Crippen LogP contribution is 2.21. The summed E-state index contributed by atoms with van der Waals surface area (Å²) in [4.78, 5) is 0. The number of ether oxygens (including phenoxy) is 4. The lowest BCUT2D eigenvalue weighted by atomic mass is 10.5. The zero-order valence-electron chi connectivity index (χ0n) is 16.2. The van der Waals surface area contributed by atoms with Gasteiger partial charge in [-0.25, -0.2) is 0 Å². The molecule has 0 aromatic carbocycles. The van der Waals surface area contributed by atoms with Crippen LogP contribution >= 0.6 is 0 Å². The predicted octanol–water partition coefficient (Wildman–Crippen LogP) is 2.58. The molecular weight excluding hydrogens is 372 g/mol. The van der Waals surface area contributed by atoms with Crippen LogP contribution in [0.2, 0.25) is 38.3 Å². The lowest BCUT2D eigenvalue weighted by Crippen LogP contribution is -2.47. The largest absolute Gasteiger partial charge is 0.437 e. The van der Waals surface area contributed by atoms with E-state index in [4.69, 9.17) is 27.2 Å². The molecule has 2 aliphatic heterocycles. The smallest absolute Gasteiger partial charge is 0.310 e. The van der Waals surface area contributed by atoms with Gasteiger partial charge in [-0.1, -0.05) is 0 Å². The minimum atomic E-state index is -2.04. The van der Waals surface area contributed by atoms with Crippen LogP contribution in [0.5, 0.6) is 0 Å². The van der Waals surface area contributed by atoms with Crippen LogP contribution in [-0.4, -0.2) is 78.5 Å². The summed E-state index contributed by atoms with van der Waals surface area (Å²) in [6, 6.07) is 2.16. The number of hydrogen-bond donors (Lipinski definition) is 0. The Balaban J connectivity index is 1.46. The van der Waals surface area contributed by atoms with E-state index in [9.17, 15) is 0 Å². The molecule has 0 spiro atoms. The van der Waals surface area contributed by atoms with E-state index in [1.165, 1.54) is 0 Å². The number of rotatable bonds is 16. The maximum atomic E-state index is 6.47. The van der Waals surface area contributed by atoms with E-state index in [0.717, 1.165) is 64.6 Å². The summed E-state index contributed by atoms with van der Waals surface area (Å²) < 4.78 is 34.0. The molecule has 2 radical (unpaired) electrons. The Morgan fingerprint density at radius 1 is 0.920 bits per heavy atom. The third-order valence-electron chi connectivity index (χ3n) is 3.89. The van der Waals surface area contributed by atoms with E-state index < -0.39 is 16.9 Å². The summed E-state index contributed by atoms with van der Waals surface area (Å²) in [6.07, 6.45) is 2.81. The van der Waals surface area contributed by atoms with Crippen molar-refractivity contribution < 1.29 is 27.2 Å². The molecule has 2 unspecified atom stereocenters. The molecule has 0 aromatic heterocycles. The van der Waals surface area contributed by atoms with Crippen molar-refractivity contribution in [3.63, 3.8) is 0 Å².